The van der Waals surface area contributed by atoms with E-state index in [-0.39, 0.29) is 17.6 Å². The van der Waals surface area contributed by atoms with E-state index >= 15 is 0 Å². The summed E-state index contributed by atoms with van der Waals surface area (Å²) in [6, 6.07) is 5.25. The molecule has 1 aliphatic heterocycles. The number of benzene rings is 1. The molecule has 1 aromatic carbocycles. The molecule has 0 bridgehead atoms. The van der Waals surface area contributed by atoms with Crippen LogP contribution in [0.5, 0.6) is 0 Å². The van der Waals surface area contributed by atoms with Crippen molar-refractivity contribution in [3.63, 3.8) is 0 Å². The highest BCUT2D eigenvalue weighted by Crippen LogP contribution is 2.26. The summed E-state index contributed by atoms with van der Waals surface area (Å²) in [4.78, 5) is 13.0. The molecular formula is C14H20FN3O. The Labute approximate surface area is 112 Å². The lowest BCUT2D eigenvalue weighted by Gasteiger charge is -2.19. The molecule has 1 unspecified atom stereocenters. The molecule has 0 radical (unpaired) electrons. The predicted octanol–water partition coefficient (Wildman–Crippen LogP) is 1.25. The number of hydrogen-bond acceptors (Lipinski definition) is 3. The maximum Gasteiger partial charge on any atom is 0.222 e. The maximum absolute atomic E-state index is 14.1. The van der Waals surface area contributed by atoms with Crippen LogP contribution in [0.15, 0.2) is 18.2 Å². The molecule has 1 aromatic rings. The molecule has 4 nitrogen and oxygen atoms in total. The molecule has 0 saturated carbocycles. The van der Waals surface area contributed by atoms with Crippen LogP contribution in [0.4, 0.5) is 10.1 Å². The second-order valence-electron chi connectivity index (χ2n) is 4.90. The Morgan fingerprint density at radius 1 is 1.58 bits per heavy atom. The van der Waals surface area contributed by atoms with E-state index in [1.807, 2.05) is 17.9 Å². The van der Waals surface area contributed by atoms with Crippen molar-refractivity contribution in [1.82, 2.24) is 5.32 Å². The highest BCUT2D eigenvalue weighted by atomic mass is 19.1. The fraction of sp³-hybridized carbons (Fsp3) is 0.500. The first-order valence-electron chi connectivity index (χ1n) is 6.65. The van der Waals surface area contributed by atoms with Crippen molar-refractivity contribution in [1.29, 1.82) is 0 Å². The monoisotopic (exact) mass is 265 g/mol. The van der Waals surface area contributed by atoms with E-state index in [0.29, 0.717) is 31.7 Å². The molecule has 1 fully saturated rings. The Balaban J connectivity index is 2.07. The maximum atomic E-state index is 14.1. The Morgan fingerprint density at radius 2 is 2.37 bits per heavy atom. The molecular weight excluding hydrogens is 245 g/mol. The lowest BCUT2D eigenvalue weighted by molar-refractivity contribution is -0.121. The number of carbonyl (C=O) groups is 1. The summed E-state index contributed by atoms with van der Waals surface area (Å²) in [6.45, 7) is 4.72. The quantitative estimate of drug-likeness (QED) is 0.842. The minimum atomic E-state index is -0.299. The van der Waals surface area contributed by atoms with Gasteiger partial charge < -0.3 is 16.0 Å². The number of amides is 1. The molecule has 1 heterocycles. The summed E-state index contributed by atoms with van der Waals surface area (Å²) in [6.07, 6.45) is 0.702. The molecule has 19 heavy (non-hydrogen) atoms. The molecule has 104 valence electrons. The van der Waals surface area contributed by atoms with Crippen LogP contribution in [0, 0.1) is 11.7 Å². The molecule has 2 rings (SSSR count). The largest absolute Gasteiger partial charge is 0.369 e. The lowest BCUT2D eigenvalue weighted by atomic mass is 10.1. The van der Waals surface area contributed by atoms with Gasteiger partial charge in [0.05, 0.1) is 11.6 Å². The zero-order valence-electron chi connectivity index (χ0n) is 11.2. The van der Waals surface area contributed by atoms with Gasteiger partial charge in [-0.3, -0.25) is 4.79 Å². The third kappa shape index (κ3) is 3.23. The zero-order chi connectivity index (χ0) is 13.8. The van der Waals surface area contributed by atoms with Gasteiger partial charge in [0.25, 0.3) is 0 Å². The van der Waals surface area contributed by atoms with Crippen molar-refractivity contribution in [2.45, 2.75) is 19.9 Å². The van der Waals surface area contributed by atoms with Gasteiger partial charge in [0.15, 0.2) is 0 Å². The van der Waals surface area contributed by atoms with Gasteiger partial charge in [-0.2, -0.15) is 0 Å². The van der Waals surface area contributed by atoms with Gasteiger partial charge in [-0.1, -0.05) is 13.0 Å². The molecule has 1 saturated heterocycles. The van der Waals surface area contributed by atoms with Crippen molar-refractivity contribution in [3.05, 3.63) is 29.6 Å². The highest BCUT2D eigenvalue weighted by molar-refractivity contribution is 5.78. The summed E-state index contributed by atoms with van der Waals surface area (Å²) in [5, 5.41) is 3.16. The van der Waals surface area contributed by atoms with Crippen LogP contribution >= 0.6 is 0 Å². The van der Waals surface area contributed by atoms with E-state index in [0.717, 1.165) is 12.1 Å². The van der Waals surface area contributed by atoms with Gasteiger partial charge in [-0.15, -0.1) is 0 Å². The molecule has 0 aromatic heterocycles. The fourth-order valence-electron chi connectivity index (χ4n) is 2.40. The van der Waals surface area contributed by atoms with Crippen molar-refractivity contribution in [2.75, 3.05) is 24.5 Å². The van der Waals surface area contributed by atoms with Gasteiger partial charge >= 0.3 is 0 Å². The van der Waals surface area contributed by atoms with Crippen LogP contribution < -0.4 is 16.0 Å². The summed E-state index contributed by atoms with van der Waals surface area (Å²) >= 11 is 0. The summed E-state index contributed by atoms with van der Waals surface area (Å²) < 4.78 is 14.1. The van der Waals surface area contributed by atoms with Crippen LogP contribution in [-0.2, 0) is 11.3 Å². The molecule has 0 spiro atoms. The average molecular weight is 265 g/mol. The average Bonchev–Trinajstić information content (AvgIpc) is 2.86. The Kier molecular flexibility index (Phi) is 4.37. The summed E-state index contributed by atoms with van der Waals surface area (Å²) in [5.41, 5.74) is 6.77. The molecule has 5 heteroatoms. The number of halogens is 1. The first kappa shape index (κ1) is 13.8. The van der Waals surface area contributed by atoms with Crippen LogP contribution in [0.25, 0.3) is 0 Å². The first-order chi connectivity index (χ1) is 9.11. The first-order valence-corrected chi connectivity index (χ1v) is 6.65. The van der Waals surface area contributed by atoms with Crippen LogP contribution in [0.3, 0.4) is 0 Å². The topological polar surface area (TPSA) is 58.4 Å². The summed E-state index contributed by atoms with van der Waals surface area (Å²) in [7, 11) is 0. The van der Waals surface area contributed by atoms with E-state index in [4.69, 9.17) is 5.73 Å². The SMILES string of the molecule is CCNCc1ccc(N2CCC(C(N)=O)C2)c(F)c1. The minimum absolute atomic E-state index is 0.166. The van der Waals surface area contributed by atoms with Gasteiger partial charge in [-0.05, 0) is 30.7 Å². The van der Waals surface area contributed by atoms with Crippen molar-refractivity contribution in [3.8, 4) is 0 Å². The van der Waals surface area contributed by atoms with E-state index in [2.05, 4.69) is 5.32 Å². The van der Waals surface area contributed by atoms with E-state index in [1.54, 1.807) is 12.1 Å². The van der Waals surface area contributed by atoms with Crippen LogP contribution in [-0.4, -0.2) is 25.5 Å². The van der Waals surface area contributed by atoms with E-state index < -0.39 is 0 Å². The van der Waals surface area contributed by atoms with Crippen molar-refractivity contribution < 1.29 is 9.18 Å². The number of rotatable bonds is 5. The smallest absolute Gasteiger partial charge is 0.222 e. The predicted molar refractivity (Wildman–Crippen MR) is 73.3 cm³/mol. The molecule has 3 N–H and O–H groups in total. The fourth-order valence-corrected chi connectivity index (χ4v) is 2.40. The Morgan fingerprint density at radius 3 is 2.95 bits per heavy atom. The zero-order valence-corrected chi connectivity index (χ0v) is 11.2. The number of nitrogens with zero attached hydrogens (tertiary/aromatic N) is 1. The molecule has 1 amide bonds. The van der Waals surface area contributed by atoms with Crippen LogP contribution in [0.2, 0.25) is 0 Å². The number of hydrogen-bond donors (Lipinski definition) is 2. The van der Waals surface area contributed by atoms with Gasteiger partial charge in [0.2, 0.25) is 5.91 Å². The number of primary amides is 1. The van der Waals surface area contributed by atoms with Crippen LogP contribution in [0.1, 0.15) is 18.9 Å². The summed E-state index contributed by atoms with van der Waals surface area (Å²) in [5.74, 6) is -0.701. The number of carbonyl (C=O) groups excluding carboxylic acids is 1. The van der Waals surface area contributed by atoms with E-state index in [9.17, 15) is 9.18 Å². The number of nitrogens with two attached hydrogens (primary N) is 1. The second-order valence-corrected chi connectivity index (χ2v) is 4.90. The number of nitrogens with one attached hydrogen (secondary N) is 1. The molecule has 1 aliphatic rings. The Bertz CT molecular complexity index is 464. The van der Waals surface area contributed by atoms with Gasteiger partial charge in [0, 0.05) is 19.6 Å². The van der Waals surface area contributed by atoms with Crippen molar-refractivity contribution in [2.24, 2.45) is 11.7 Å². The second kappa shape index (κ2) is 6.02. The normalized spacial score (nSPS) is 18.8. The van der Waals surface area contributed by atoms with Crippen molar-refractivity contribution >= 4 is 11.6 Å². The standard InChI is InChI=1S/C14H20FN3O/c1-2-17-8-10-3-4-13(12(15)7-10)18-6-5-11(9-18)14(16)19/h3-4,7,11,17H,2,5-6,8-9H2,1H3,(H2,16,19). The van der Waals surface area contributed by atoms with Gasteiger partial charge in [0.1, 0.15) is 5.82 Å². The highest BCUT2D eigenvalue weighted by Gasteiger charge is 2.28. The molecule has 1 atom stereocenters. The van der Waals surface area contributed by atoms with Gasteiger partial charge in [-0.25, -0.2) is 4.39 Å². The molecule has 0 aliphatic carbocycles. The third-order valence-electron chi connectivity index (χ3n) is 3.52. The van der Waals surface area contributed by atoms with E-state index in [1.165, 1.54) is 0 Å². The third-order valence-corrected chi connectivity index (χ3v) is 3.52. The lowest BCUT2D eigenvalue weighted by Crippen LogP contribution is -2.27. The minimum Gasteiger partial charge on any atom is -0.369 e. The number of anilines is 1. The Hall–Kier alpha value is -1.62.